The molecule has 0 aliphatic heterocycles. The van der Waals surface area contributed by atoms with E-state index in [1.165, 1.54) is 0 Å². The van der Waals surface area contributed by atoms with Gasteiger partial charge in [-0.1, -0.05) is 0 Å². The van der Waals surface area contributed by atoms with Gasteiger partial charge in [0.2, 0.25) is 5.91 Å². The summed E-state index contributed by atoms with van der Waals surface area (Å²) in [4.78, 5) is 9.95. The van der Waals surface area contributed by atoms with E-state index in [-0.39, 0.29) is 5.75 Å². The van der Waals surface area contributed by atoms with Crippen molar-refractivity contribution in [2.24, 2.45) is 5.73 Å². The highest BCUT2D eigenvalue weighted by Crippen LogP contribution is 1.84. The molecule has 0 saturated heterocycles. The monoisotopic (exact) mass is 150 g/mol. The minimum absolute atomic E-state index is 0.275. The summed E-state index contributed by atoms with van der Waals surface area (Å²) in [5.41, 5.74) is 4.64. The van der Waals surface area contributed by atoms with E-state index in [1.54, 1.807) is 0 Å². The highest BCUT2D eigenvalue weighted by molar-refractivity contribution is 7.90. The Bertz CT molecular complexity index is 194. The fourth-order valence-corrected chi connectivity index (χ4v) is 0.701. The summed E-state index contributed by atoms with van der Waals surface area (Å²) < 4.78 is 20.6. The summed E-state index contributed by atoms with van der Waals surface area (Å²) in [6.07, 6.45) is 1.96. The molecule has 4 nitrogen and oxygen atoms in total. The van der Waals surface area contributed by atoms with Crippen LogP contribution in [0.15, 0.2) is 0 Å². The molecule has 0 unspecified atom stereocenters. The number of hydrogen-bond acceptors (Lipinski definition) is 3. The summed E-state index contributed by atoms with van der Waals surface area (Å²) in [7, 11) is -3.08. The molecule has 53 valence electrons. The first-order valence-corrected chi connectivity index (χ1v) is 4.28. The van der Waals surface area contributed by atoms with Gasteiger partial charge in [0.25, 0.3) is 0 Å². The molecule has 0 aliphatic rings. The number of primary amides is 1. The van der Waals surface area contributed by atoms with E-state index in [4.69, 9.17) is 0 Å². The van der Waals surface area contributed by atoms with Crippen molar-refractivity contribution in [3.63, 3.8) is 0 Å². The van der Waals surface area contributed by atoms with Gasteiger partial charge in [-0.3, -0.25) is 4.79 Å². The summed E-state index contributed by atoms with van der Waals surface area (Å²) in [6.45, 7) is 0. The van der Waals surface area contributed by atoms with E-state index in [0.717, 1.165) is 12.7 Å². The lowest BCUT2D eigenvalue weighted by atomic mass is 10.5. The van der Waals surface area contributed by atoms with Crippen molar-refractivity contribution >= 4 is 15.7 Å². The molecule has 5 heteroatoms. The predicted molar refractivity (Wildman–Crippen MR) is 33.2 cm³/mol. The topological polar surface area (TPSA) is 77.2 Å². The average Bonchev–Trinajstić information content (AvgIpc) is 1.59. The molecule has 9 heavy (non-hydrogen) atoms. The van der Waals surface area contributed by atoms with Crippen LogP contribution < -0.4 is 5.73 Å². The van der Waals surface area contributed by atoms with Crippen LogP contribution in [0, 0.1) is 6.42 Å². The molecule has 0 aromatic carbocycles. The molecule has 0 aliphatic carbocycles. The lowest BCUT2D eigenvalue weighted by molar-refractivity contribution is -0.114. The number of carbonyl (C=O) groups is 1. The number of hydrogen-bond donors (Lipinski definition) is 1. The van der Waals surface area contributed by atoms with Crippen LogP contribution in [-0.2, 0) is 14.6 Å². The summed E-state index contributed by atoms with van der Waals surface area (Å²) in [5.74, 6) is -0.983. The van der Waals surface area contributed by atoms with E-state index in [1.807, 2.05) is 0 Å². The Labute approximate surface area is 54.0 Å². The van der Waals surface area contributed by atoms with Crippen molar-refractivity contribution in [3.8, 4) is 0 Å². The molecule has 0 spiro atoms. The van der Waals surface area contributed by atoms with Gasteiger partial charge in [-0.05, 0) is 0 Å². The zero-order chi connectivity index (χ0) is 7.49. The van der Waals surface area contributed by atoms with E-state index in [9.17, 15) is 13.2 Å². The zero-order valence-corrected chi connectivity index (χ0v) is 5.81. The molecule has 0 saturated carbocycles. The van der Waals surface area contributed by atoms with Gasteiger partial charge < -0.3 is 5.73 Å². The number of sulfone groups is 1. The highest BCUT2D eigenvalue weighted by atomic mass is 32.2. The third kappa shape index (κ3) is 7.42. The van der Waals surface area contributed by atoms with Gasteiger partial charge in [0, 0.05) is 6.26 Å². The molecule has 0 aromatic heterocycles. The first-order valence-electron chi connectivity index (χ1n) is 2.22. The smallest absolute Gasteiger partial charge is 0.222 e. The Morgan fingerprint density at radius 2 is 2.11 bits per heavy atom. The number of nitrogens with two attached hydrogens (primary N) is 1. The minimum atomic E-state index is -3.08. The molecule has 0 heterocycles. The Morgan fingerprint density at radius 3 is 2.22 bits per heavy atom. The van der Waals surface area contributed by atoms with E-state index in [2.05, 4.69) is 5.73 Å². The summed E-state index contributed by atoms with van der Waals surface area (Å²) >= 11 is 0. The molecule has 0 fully saturated rings. The predicted octanol–water partition coefficient (Wildman–Crippen LogP) is -1.28. The number of rotatable bonds is 3. The van der Waals surface area contributed by atoms with Crippen LogP contribution in [0.5, 0.6) is 0 Å². The fourth-order valence-electron chi connectivity index (χ4n) is 0.234. The highest BCUT2D eigenvalue weighted by Gasteiger charge is 2.03. The van der Waals surface area contributed by atoms with Crippen molar-refractivity contribution in [2.75, 3.05) is 12.0 Å². The lowest BCUT2D eigenvalue weighted by Crippen LogP contribution is -2.16. The molecule has 1 radical (unpaired) electrons. The van der Waals surface area contributed by atoms with Crippen molar-refractivity contribution in [3.05, 3.63) is 6.42 Å². The van der Waals surface area contributed by atoms with Gasteiger partial charge in [-0.15, -0.1) is 0 Å². The number of amides is 1. The fraction of sp³-hybridized carbons (Fsp3) is 0.500. The standard InChI is InChI=1S/C4H8NO3S/c1-9(7,8)3-2-4(5)6/h2H,3H2,1H3,(H2,5,6). The maximum Gasteiger partial charge on any atom is 0.222 e. The average molecular weight is 150 g/mol. The Morgan fingerprint density at radius 1 is 1.67 bits per heavy atom. The Hall–Kier alpha value is -0.580. The van der Waals surface area contributed by atoms with E-state index < -0.39 is 15.7 Å². The van der Waals surface area contributed by atoms with E-state index in [0.29, 0.717) is 0 Å². The quantitative estimate of drug-likeness (QED) is 0.544. The van der Waals surface area contributed by atoms with Gasteiger partial charge in [-0.25, -0.2) is 8.42 Å². The molecule has 0 bridgehead atoms. The molecular weight excluding hydrogens is 142 g/mol. The van der Waals surface area contributed by atoms with Gasteiger partial charge in [0.15, 0.2) is 0 Å². The third-order valence-corrected chi connectivity index (χ3v) is 1.36. The molecule has 0 rings (SSSR count). The first kappa shape index (κ1) is 8.42. The van der Waals surface area contributed by atoms with Crippen molar-refractivity contribution < 1.29 is 13.2 Å². The van der Waals surface area contributed by atoms with Crippen LogP contribution in [0.2, 0.25) is 0 Å². The van der Waals surface area contributed by atoms with Crippen LogP contribution in [0.1, 0.15) is 0 Å². The van der Waals surface area contributed by atoms with Crippen LogP contribution in [0.3, 0.4) is 0 Å². The summed E-state index contributed by atoms with van der Waals surface area (Å²) in [5, 5.41) is 0. The van der Waals surface area contributed by atoms with Crippen molar-refractivity contribution in [2.45, 2.75) is 0 Å². The Balaban J connectivity index is 3.67. The molecule has 0 atom stereocenters. The second kappa shape index (κ2) is 2.82. The molecule has 2 N–H and O–H groups in total. The van der Waals surface area contributed by atoms with Crippen molar-refractivity contribution in [1.82, 2.24) is 0 Å². The maximum absolute atomic E-state index is 10.3. The van der Waals surface area contributed by atoms with Crippen LogP contribution >= 0.6 is 0 Å². The third-order valence-electron chi connectivity index (χ3n) is 0.587. The molecule has 0 aromatic rings. The summed E-state index contributed by atoms with van der Waals surface area (Å²) in [6, 6.07) is 0. The minimum Gasteiger partial charge on any atom is -0.369 e. The van der Waals surface area contributed by atoms with Crippen LogP contribution in [0.4, 0.5) is 0 Å². The van der Waals surface area contributed by atoms with Gasteiger partial charge >= 0.3 is 0 Å². The van der Waals surface area contributed by atoms with Crippen LogP contribution in [-0.4, -0.2) is 26.3 Å². The number of carbonyl (C=O) groups excluding carboxylic acids is 1. The van der Waals surface area contributed by atoms with Crippen LogP contribution in [0.25, 0.3) is 0 Å². The van der Waals surface area contributed by atoms with Gasteiger partial charge in [-0.2, -0.15) is 0 Å². The second-order valence-electron chi connectivity index (χ2n) is 1.70. The normalized spacial score (nSPS) is 11.2. The van der Waals surface area contributed by atoms with Gasteiger partial charge in [0.1, 0.15) is 9.84 Å². The SMILES string of the molecule is CS(=O)(=O)C[CH]C(N)=O. The van der Waals surface area contributed by atoms with Crippen molar-refractivity contribution in [1.29, 1.82) is 0 Å². The Kier molecular flexibility index (Phi) is 2.64. The lowest BCUT2D eigenvalue weighted by Gasteiger charge is -1.90. The largest absolute Gasteiger partial charge is 0.369 e. The molecular formula is C4H8NO3S. The first-order chi connectivity index (χ1) is 3.92. The van der Waals surface area contributed by atoms with E-state index >= 15 is 0 Å². The molecule has 1 amide bonds. The van der Waals surface area contributed by atoms with Gasteiger partial charge in [0.05, 0.1) is 12.2 Å². The zero-order valence-electron chi connectivity index (χ0n) is 4.99. The maximum atomic E-state index is 10.3. The second-order valence-corrected chi connectivity index (χ2v) is 3.88.